The van der Waals surface area contributed by atoms with Gasteiger partial charge in [0, 0.05) is 11.3 Å². The molecule has 8 heteroatoms. The van der Waals surface area contributed by atoms with Crippen molar-refractivity contribution in [2.75, 3.05) is 12.0 Å². The Morgan fingerprint density at radius 2 is 2.39 bits per heavy atom. The second-order valence-corrected chi connectivity index (χ2v) is 6.27. The standard InChI is InChI=1S/C10H15N3O3S2/c1-17-7-3-2-6(4-7)13-9(16)11-12-10(13)18-5-8(14)15/h6-7H,2-5H2,1H3,(H,11,16)(H,14,15). The topological polar surface area (TPSA) is 88.0 Å². The van der Waals surface area contributed by atoms with Crippen LogP contribution < -0.4 is 5.69 Å². The van der Waals surface area contributed by atoms with Crippen LogP contribution in [0.3, 0.4) is 0 Å². The number of nitrogens with one attached hydrogen (secondary N) is 1. The molecule has 1 aliphatic carbocycles. The minimum absolute atomic E-state index is 0.0804. The number of aromatic nitrogens is 3. The number of carboxylic acids is 1. The fourth-order valence-corrected chi connectivity index (χ4v) is 3.73. The SMILES string of the molecule is CSC1CCC(n2c(SCC(=O)O)n[nH]c2=O)C1. The smallest absolute Gasteiger partial charge is 0.344 e. The third kappa shape index (κ3) is 2.92. The molecule has 2 rings (SSSR count). The highest BCUT2D eigenvalue weighted by Gasteiger charge is 2.28. The van der Waals surface area contributed by atoms with Gasteiger partial charge in [-0.1, -0.05) is 11.8 Å². The van der Waals surface area contributed by atoms with E-state index >= 15 is 0 Å². The summed E-state index contributed by atoms with van der Waals surface area (Å²) >= 11 is 2.90. The van der Waals surface area contributed by atoms with Crippen LogP contribution in [0.2, 0.25) is 0 Å². The zero-order chi connectivity index (χ0) is 13.1. The Labute approximate surface area is 113 Å². The molecular weight excluding hydrogens is 274 g/mol. The Morgan fingerprint density at radius 3 is 3.00 bits per heavy atom. The van der Waals surface area contributed by atoms with Gasteiger partial charge < -0.3 is 5.11 Å². The van der Waals surface area contributed by atoms with Gasteiger partial charge in [-0.2, -0.15) is 11.8 Å². The lowest BCUT2D eigenvalue weighted by molar-refractivity contribution is -0.133. The second-order valence-electron chi connectivity index (χ2n) is 4.19. The zero-order valence-electron chi connectivity index (χ0n) is 9.96. The first-order valence-corrected chi connectivity index (χ1v) is 7.93. The largest absolute Gasteiger partial charge is 0.481 e. The summed E-state index contributed by atoms with van der Waals surface area (Å²) in [5.74, 6) is -0.987. The lowest BCUT2D eigenvalue weighted by Gasteiger charge is -2.12. The number of aromatic amines is 1. The first-order valence-electron chi connectivity index (χ1n) is 5.66. The maximum absolute atomic E-state index is 11.7. The van der Waals surface area contributed by atoms with E-state index in [1.54, 1.807) is 4.57 Å². The summed E-state index contributed by atoms with van der Waals surface area (Å²) < 4.78 is 1.61. The minimum atomic E-state index is -0.907. The van der Waals surface area contributed by atoms with E-state index in [1.165, 1.54) is 0 Å². The molecule has 0 saturated heterocycles. The molecular formula is C10H15N3O3S2. The predicted octanol–water partition coefficient (Wildman–Crippen LogP) is 1.20. The van der Waals surface area contributed by atoms with Gasteiger partial charge in [-0.15, -0.1) is 5.10 Å². The Hall–Kier alpha value is -0.890. The summed E-state index contributed by atoms with van der Waals surface area (Å²) in [4.78, 5) is 22.3. The van der Waals surface area contributed by atoms with E-state index < -0.39 is 5.97 Å². The quantitative estimate of drug-likeness (QED) is 0.792. The predicted molar refractivity (Wildman–Crippen MR) is 71.4 cm³/mol. The molecule has 2 N–H and O–H groups in total. The molecule has 1 aromatic heterocycles. The van der Waals surface area contributed by atoms with Crippen LogP contribution in [0.5, 0.6) is 0 Å². The molecule has 2 unspecified atom stereocenters. The third-order valence-corrected chi connectivity index (χ3v) is 5.08. The fourth-order valence-electron chi connectivity index (χ4n) is 2.21. The first-order chi connectivity index (χ1) is 8.61. The number of H-pyrrole nitrogens is 1. The van der Waals surface area contributed by atoms with Crippen molar-refractivity contribution in [1.82, 2.24) is 14.8 Å². The van der Waals surface area contributed by atoms with Gasteiger partial charge in [0.2, 0.25) is 0 Å². The Bertz CT molecular complexity index is 485. The summed E-state index contributed by atoms with van der Waals surface area (Å²) in [5.41, 5.74) is -0.241. The first kappa shape index (κ1) is 13.5. The van der Waals surface area contributed by atoms with Crippen molar-refractivity contribution in [2.45, 2.75) is 35.7 Å². The molecule has 100 valence electrons. The van der Waals surface area contributed by atoms with Crippen LogP contribution >= 0.6 is 23.5 Å². The zero-order valence-corrected chi connectivity index (χ0v) is 11.6. The van der Waals surface area contributed by atoms with Gasteiger partial charge in [0.05, 0.1) is 5.75 Å². The Balaban J connectivity index is 2.14. The average Bonchev–Trinajstić information content (AvgIpc) is 2.92. The average molecular weight is 289 g/mol. The molecule has 0 aliphatic heterocycles. The van der Waals surface area contributed by atoms with Crippen molar-refractivity contribution in [3.8, 4) is 0 Å². The van der Waals surface area contributed by atoms with Gasteiger partial charge in [0.1, 0.15) is 0 Å². The molecule has 1 heterocycles. The fraction of sp³-hybridized carbons (Fsp3) is 0.700. The van der Waals surface area contributed by atoms with Crippen molar-refractivity contribution in [3.05, 3.63) is 10.5 Å². The van der Waals surface area contributed by atoms with E-state index in [2.05, 4.69) is 16.5 Å². The maximum atomic E-state index is 11.7. The van der Waals surface area contributed by atoms with Gasteiger partial charge in [-0.3, -0.25) is 9.36 Å². The molecule has 1 aromatic rings. The molecule has 1 saturated carbocycles. The van der Waals surface area contributed by atoms with Crippen LogP contribution in [0.15, 0.2) is 9.95 Å². The van der Waals surface area contributed by atoms with E-state index in [0.717, 1.165) is 31.0 Å². The molecule has 1 aliphatic rings. The van der Waals surface area contributed by atoms with Crippen molar-refractivity contribution < 1.29 is 9.90 Å². The highest BCUT2D eigenvalue weighted by atomic mass is 32.2. The molecule has 0 bridgehead atoms. The summed E-state index contributed by atoms with van der Waals surface area (Å²) in [6.07, 6.45) is 5.06. The highest BCUT2D eigenvalue weighted by molar-refractivity contribution is 7.99. The third-order valence-electron chi connectivity index (χ3n) is 3.05. The monoisotopic (exact) mass is 289 g/mol. The number of thioether (sulfide) groups is 2. The Kier molecular flexibility index (Phi) is 4.39. The van der Waals surface area contributed by atoms with Crippen LogP contribution in [-0.4, -0.2) is 43.1 Å². The van der Waals surface area contributed by atoms with Crippen LogP contribution in [0.25, 0.3) is 0 Å². The molecule has 0 spiro atoms. The molecule has 2 atom stereocenters. The van der Waals surface area contributed by atoms with Gasteiger partial charge in [-0.25, -0.2) is 9.89 Å². The maximum Gasteiger partial charge on any atom is 0.344 e. The van der Waals surface area contributed by atoms with Gasteiger partial charge in [0.25, 0.3) is 0 Å². The summed E-state index contributed by atoms with van der Waals surface area (Å²) in [7, 11) is 0. The van der Waals surface area contributed by atoms with Crippen LogP contribution in [-0.2, 0) is 4.79 Å². The number of nitrogens with zero attached hydrogens (tertiary/aromatic N) is 2. The molecule has 0 aromatic carbocycles. The van der Waals surface area contributed by atoms with E-state index in [1.807, 2.05) is 11.8 Å². The number of aliphatic carboxylic acids is 1. The number of rotatable bonds is 5. The second kappa shape index (κ2) is 5.83. The molecule has 18 heavy (non-hydrogen) atoms. The van der Waals surface area contributed by atoms with Gasteiger partial charge >= 0.3 is 11.7 Å². The van der Waals surface area contributed by atoms with Crippen LogP contribution in [0, 0.1) is 0 Å². The summed E-state index contributed by atoms with van der Waals surface area (Å²) in [6, 6.07) is 0.144. The van der Waals surface area contributed by atoms with Crippen molar-refractivity contribution in [2.24, 2.45) is 0 Å². The lowest BCUT2D eigenvalue weighted by Crippen LogP contribution is -2.22. The van der Waals surface area contributed by atoms with E-state index in [9.17, 15) is 9.59 Å². The Morgan fingerprint density at radius 1 is 1.61 bits per heavy atom. The number of hydrogen-bond acceptors (Lipinski definition) is 5. The molecule has 6 nitrogen and oxygen atoms in total. The molecule has 1 fully saturated rings. The number of carbonyl (C=O) groups is 1. The van der Waals surface area contributed by atoms with Gasteiger partial charge in [-0.05, 0) is 25.5 Å². The minimum Gasteiger partial charge on any atom is -0.481 e. The normalized spacial score (nSPS) is 23.4. The van der Waals surface area contributed by atoms with E-state index in [4.69, 9.17) is 5.11 Å². The van der Waals surface area contributed by atoms with E-state index in [0.29, 0.717) is 10.4 Å². The van der Waals surface area contributed by atoms with Crippen molar-refractivity contribution in [1.29, 1.82) is 0 Å². The van der Waals surface area contributed by atoms with Crippen LogP contribution in [0.4, 0.5) is 0 Å². The number of carboxylic acid groups (broad SMARTS) is 1. The lowest BCUT2D eigenvalue weighted by atomic mass is 10.2. The van der Waals surface area contributed by atoms with Crippen LogP contribution in [0.1, 0.15) is 25.3 Å². The molecule has 0 amide bonds. The van der Waals surface area contributed by atoms with Crippen molar-refractivity contribution >= 4 is 29.5 Å². The van der Waals surface area contributed by atoms with Crippen molar-refractivity contribution in [3.63, 3.8) is 0 Å². The number of hydrogen-bond donors (Lipinski definition) is 2. The summed E-state index contributed by atoms with van der Waals surface area (Å²) in [5, 5.41) is 16.0. The summed E-state index contributed by atoms with van der Waals surface area (Å²) in [6.45, 7) is 0. The van der Waals surface area contributed by atoms with Gasteiger partial charge in [0.15, 0.2) is 5.16 Å². The highest BCUT2D eigenvalue weighted by Crippen LogP contribution is 2.36. The molecule has 0 radical (unpaired) electrons. The van der Waals surface area contributed by atoms with E-state index in [-0.39, 0.29) is 17.5 Å².